The first-order valence-electron chi connectivity index (χ1n) is 6.22. The van der Waals surface area contributed by atoms with Gasteiger partial charge in [-0.1, -0.05) is 29.8 Å². The van der Waals surface area contributed by atoms with Crippen LogP contribution in [0.4, 0.5) is 0 Å². The van der Waals surface area contributed by atoms with Gasteiger partial charge in [-0.3, -0.25) is 3.97 Å². The summed E-state index contributed by atoms with van der Waals surface area (Å²) < 4.78 is 14.4. The molecule has 0 saturated carbocycles. The molecule has 3 aromatic rings. The molecule has 0 spiro atoms. The molecule has 0 amide bonds. The molecule has 0 bridgehead atoms. The van der Waals surface area contributed by atoms with Crippen molar-refractivity contribution >= 4 is 21.9 Å². The summed E-state index contributed by atoms with van der Waals surface area (Å²) in [7, 11) is -1.19. The van der Waals surface area contributed by atoms with Crippen LogP contribution in [0.1, 0.15) is 11.1 Å². The second-order valence-electron chi connectivity index (χ2n) is 4.77. The zero-order chi connectivity index (χ0) is 13.4. The number of benzene rings is 2. The Bertz CT molecular complexity index is 756. The summed E-state index contributed by atoms with van der Waals surface area (Å²) in [6.45, 7) is 4.08. The van der Waals surface area contributed by atoms with E-state index in [9.17, 15) is 4.21 Å². The summed E-state index contributed by atoms with van der Waals surface area (Å²) >= 11 is 0. The zero-order valence-electron chi connectivity index (χ0n) is 11.0. The van der Waals surface area contributed by atoms with E-state index in [-0.39, 0.29) is 0 Å². The van der Waals surface area contributed by atoms with Gasteiger partial charge in [0.2, 0.25) is 0 Å². The summed E-state index contributed by atoms with van der Waals surface area (Å²) in [6, 6.07) is 16.0. The van der Waals surface area contributed by atoms with Crippen molar-refractivity contribution in [2.24, 2.45) is 0 Å². The fraction of sp³-hybridized carbons (Fsp3) is 0.125. The Balaban J connectivity index is 2.11. The van der Waals surface area contributed by atoms with E-state index in [0.717, 1.165) is 15.8 Å². The SMILES string of the molecule is Cc1ccc(S(=O)n2ccc3ccc(C)cc32)cc1. The summed E-state index contributed by atoms with van der Waals surface area (Å²) in [5.74, 6) is 0. The first-order chi connectivity index (χ1) is 9.15. The monoisotopic (exact) mass is 269 g/mol. The standard InChI is InChI=1S/C16H15NOS/c1-12-4-7-15(8-5-12)19(18)17-10-9-14-6-3-13(2)11-16(14)17/h3-11H,1-2H3. The number of hydrogen-bond donors (Lipinski definition) is 0. The van der Waals surface area contributed by atoms with Crippen molar-refractivity contribution in [3.8, 4) is 0 Å². The molecule has 0 saturated heterocycles. The fourth-order valence-electron chi connectivity index (χ4n) is 2.13. The predicted octanol–water partition coefficient (Wildman–Crippen LogP) is 3.83. The van der Waals surface area contributed by atoms with Gasteiger partial charge in [-0.25, -0.2) is 4.21 Å². The van der Waals surface area contributed by atoms with Gasteiger partial charge in [0.1, 0.15) is 0 Å². The van der Waals surface area contributed by atoms with E-state index in [2.05, 4.69) is 18.2 Å². The number of hydrogen-bond acceptors (Lipinski definition) is 1. The van der Waals surface area contributed by atoms with Crippen LogP contribution in [-0.2, 0) is 11.0 Å². The summed E-state index contributed by atoms with van der Waals surface area (Å²) in [4.78, 5) is 0.824. The molecular formula is C16H15NOS. The smallest absolute Gasteiger partial charge is 0.157 e. The average molecular weight is 269 g/mol. The van der Waals surface area contributed by atoms with Gasteiger partial charge in [0.25, 0.3) is 0 Å². The van der Waals surface area contributed by atoms with Gasteiger partial charge < -0.3 is 0 Å². The molecule has 96 valence electrons. The normalized spacial score (nSPS) is 12.7. The Morgan fingerprint density at radius 2 is 1.58 bits per heavy atom. The summed E-state index contributed by atoms with van der Waals surface area (Å²) in [5.41, 5.74) is 3.36. The Morgan fingerprint density at radius 3 is 2.32 bits per heavy atom. The van der Waals surface area contributed by atoms with Crippen LogP contribution < -0.4 is 0 Å². The molecule has 0 fully saturated rings. The molecule has 0 N–H and O–H groups in total. The summed E-state index contributed by atoms with van der Waals surface area (Å²) in [6.07, 6.45) is 1.89. The maximum Gasteiger partial charge on any atom is 0.157 e. The van der Waals surface area contributed by atoms with E-state index in [1.54, 1.807) is 0 Å². The Morgan fingerprint density at radius 1 is 0.895 bits per heavy atom. The lowest BCUT2D eigenvalue weighted by atomic mass is 10.2. The van der Waals surface area contributed by atoms with Crippen LogP contribution in [0.25, 0.3) is 10.9 Å². The maximum absolute atomic E-state index is 12.6. The fourth-order valence-corrected chi connectivity index (χ4v) is 3.23. The molecule has 3 rings (SSSR count). The van der Waals surface area contributed by atoms with E-state index < -0.39 is 11.0 Å². The minimum atomic E-state index is -1.19. The van der Waals surface area contributed by atoms with Crippen LogP contribution in [0, 0.1) is 13.8 Å². The third-order valence-corrected chi connectivity index (χ3v) is 4.57. The van der Waals surface area contributed by atoms with Crippen LogP contribution in [-0.4, -0.2) is 8.18 Å². The highest BCUT2D eigenvalue weighted by atomic mass is 32.2. The van der Waals surface area contributed by atoms with Gasteiger partial charge in [-0.2, -0.15) is 0 Å². The molecule has 1 unspecified atom stereocenters. The predicted molar refractivity (Wildman–Crippen MR) is 79.7 cm³/mol. The van der Waals surface area contributed by atoms with Crippen LogP contribution in [0.5, 0.6) is 0 Å². The molecule has 0 radical (unpaired) electrons. The van der Waals surface area contributed by atoms with E-state index in [4.69, 9.17) is 0 Å². The minimum absolute atomic E-state index is 0.824. The maximum atomic E-state index is 12.6. The lowest BCUT2D eigenvalue weighted by Crippen LogP contribution is -2.03. The number of aryl methyl sites for hydroxylation is 2. The first-order valence-corrected chi connectivity index (χ1v) is 7.32. The van der Waals surface area contributed by atoms with Crippen LogP contribution in [0.3, 0.4) is 0 Å². The average Bonchev–Trinajstić information content (AvgIpc) is 2.81. The van der Waals surface area contributed by atoms with E-state index in [1.807, 2.05) is 54.3 Å². The highest BCUT2D eigenvalue weighted by molar-refractivity contribution is 7.83. The number of aromatic nitrogens is 1. The summed E-state index contributed by atoms with van der Waals surface area (Å²) in [5, 5.41) is 1.12. The van der Waals surface area contributed by atoms with Crippen molar-refractivity contribution in [1.29, 1.82) is 0 Å². The van der Waals surface area contributed by atoms with Crippen molar-refractivity contribution in [3.05, 3.63) is 65.9 Å². The second kappa shape index (κ2) is 4.67. The Hall–Kier alpha value is -1.87. The second-order valence-corrected chi connectivity index (χ2v) is 6.13. The molecule has 0 aliphatic rings. The highest BCUT2D eigenvalue weighted by Gasteiger charge is 2.09. The van der Waals surface area contributed by atoms with E-state index in [1.165, 1.54) is 11.1 Å². The van der Waals surface area contributed by atoms with Crippen molar-refractivity contribution in [2.45, 2.75) is 18.7 Å². The molecule has 1 atom stereocenters. The highest BCUT2D eigenvalue weighted by Crippen LogP contribution is 2.21. The van der Waals surface area contributed by atoms with Crippen molar-refractivity contribution < 1.29 is 4.21 Å². The van der Waals surface area contributed by atoms with Gasteiger partial charge in [0.05, 0.1) is 10.4 Å². The third kappa shape index (κ3) is 2.22. The molecule has 0 aliphatic heterocycles. The topological polar surface area (TPSA) is 22.0 Å². The van der Waals surface area contributed by atoms with Gasteiger partial charge in [0, 0.05) is 11.6 Å². The van der Waals surface area contributed by atoms with Crippen LogP contribution in [0.15, 0.2) is 59.6 Å². The first kappa shape index (κ1) is 12.2. The van der Waals surface area contributed by atoms with Gasteiger partial charge in [-0.15, -0.1) is 0 Å². The number of nitrogens with zero attached hydrogens (tertiary/aromatic N) is 1. The van der Waals surface area contributed by atoms with Crippen molar-refractivity contribution in [2.75, 3.05) is 0 Å². The number of fused-ring (bicyclic) bond motifs is 1. The van der Waals surface area contributed by atoms with E-state index >= 15 is 0 Å². The quantitative estimate of drug-likeness (QED) is 0.693. The molecular weight excluding hydrogens is 254 g/mol. The van der Waals surface area contributed by atoms with Gasteiger partial charge in [0.15, 0.2) is 11.0 Å². The van der Waals surface area contributed by atoms with Crippen LogP contribution >= 0.6 is 0 Å². The van der Waals surface area contributed by atoms with E-state index in [0.29, 0.717) is 0 Å². The molecule has 1 heterocycles. The lowest BCUT2D eigenvalue weighted by molar-refractivity contribution is 0.678. The molecule has 2 aromatic carbocycles. The minimum Gasteiger partial charge on any atom is -0.263 e. The van der Waals surface area contributed by atoms with Gasteiger partial charge >= 0.3 is 0 Å². The largest absolute Gasteiger partial charge is 0.263 e. The van der Waals surface area contributed by atoms with Crippen molar-refractivity contribution in [1.82, 2.24) is 3.97 Å². The van der Waals surface area contributed by atoms with Crippen LogP contribution in [0.2, 0.25) is 0 Å². The molecule has 1 aromatic heterocycles. The third-order valence-electron chi connectivity index (χ3n) is 3.21. The zero-order valence-corrected chi connectivity index (χ0v) is 11.8. The Labute approximate surface area is 115 Å². The molecule has 0 aliphatic carbocycles. The lowest BCUT2D eigenvalue weighted by Gasteiger charge is -2.06. The Kier molecular flexibility index (Phi) is 2.99. The molecule has 19 heavy (non-hydrogen) atoms. The molecule has 3 heteroatoms. The van der Waals surface area contributed by atoms with Gasteiger partial charge in [-0.05, 0) is 43.7 Å². The number of rotatable bonds is 2. The van der Waals surface area contributed by atoms with Crippen molar-refractivity contribution in [3.63, 3.8) is 0 Å². The molecule has 2 nitrogen and oxygen atoms in total.